The number of furan rings is 1. The van der Waals surface area contributed by atoms with Crippen molar-refractivity contribution in [3.8, 4) is 11.7 Å². The number of rotatable bonds is 3. The minimum absolute atomic E-state index is 0.242. The molecular formula is C11H12BrN3O3. The molecule has 18 heavy (non-hydrogen) atoms. The number of likely N-dealkylation sites (tertiary alicyclic amines) is 1. The molecule has 0 saturated carbocycles. The van der Waals surface area contributed by atoms with Gasteiger partial charge in [0.2, 0.25) is 5.89 Å². The molecular weight excluding hydrogens is 302 g/mol. The molecule has 0 aromatic carbocycles. The zero-order valence-corrected chi connectivity index (χ0v) is 11.1. The van der Waals surface area contributed by atoms with Crippen LogP contribution in [0.1, 0.15) is 12.3 Å². The summed E-state index contributed by atoms with van der Waals surface area (Å²) in [6, 6.07) is 3.54. The van der Waals surface area contributed by atoms with Crippen molar-refractivity contribution < 1.29 is 13.9 Å². The maximum Gasteiger partial charge on any atom is 0.283 e. The van der Waals surface area contributed by atoms with Gasteiger partial charge in [0.05, 0.1) is 12.6 Å². The van der Waals surface area contributed by atoms with E-state index in [4.69, 9.17) is 8.83 Å². The lowest BCUT2D eigenvalue weighted by molar-refractivity contribution is 0.171. The maximum atomic E-state index is 9.44. The molecule has 3 rings (SSSR count). The van der Waals surface area contributed by atoms with E-state index in [1.807, 2.05) is 0 Å². The van der Waals surface area contributed by atoms with Crippen molar-refractivity contribution in [3.63, 3.8) is 0 Å². The molecule has 0 amide bonds. The summed E-state index contributed by atoms with van der Waals surface area (Å²) in [5.41, 5.74) is 0. The average molecular weight is 314 g/mol. The first kappa shape index (κ1) is 11.9. The lowest BCUT2D eigenvalue weighted by Gasteiger charge is -2.10. The third kappa shape index (κ3) is 2.47. The van der Waals surface area contributed by atoms with Crippen molar-refractivity contribution in [3.05, 3.63) is 22.7 Å². The Morgan fingerprint density at radius 3 is 2.94 bits per heavy atom. The molecule has 1 N–H and O–H groups in total. The van der Waals surface area contributed by atoms with E-state index in [-0.39, 0.29) is 6.10 Å². The first-order valence-electron chi connectivity index (χ1n) is 5.69. The standard InChI is InChI=1S/C11H12BrN3O3/c12-9-2-1-8(17-9)11-14-13-10(18-11)6-15-4-3-7(16)5-15/h1-2,7,16H,3-6H2/t7-/m1/s1. The zero-order valence-electron chi connectivity index (χ0n) is 9.54. The topological polar surface area (TPSA) is 75.5 Å². The number of β-amino-alcohol motifs (C(OH)–C–C–N with tert-alkyl or cyclic N) is 1. The Labute approximate surface area is 112 Å². The van der Waals surface area contributed by atoms with Crippen LogP contribution < -0.4 is 0 Å². The van der Waals surface area contributed by atoms with Crippen LogP contribution in [-0.2, 0) is 6.54 Å². The van der Waals surface area contributed by atoms with E-state index in [2.05, 4.69) is 31.0 Å². The van der Waals surface area contributed by atoms with E-state index in [1.165, 1.54) is 0 Å². The maximum absolute atomic E-state index is 9.44. The fourth-order valence-corrected chi connectivity index (χ4v) is 2.30. The molecule has 3 heterocycles. The number of aromatic nitrogens is 2. The molecule has 7 heteroatoms. The number of nitrogens with zero attached hydrogens (tertiary/aromatic N) is 3. The Morgan fingerprint density at radius 2 is 2.28 bits per heavy atom. The van der Waals surface area contributed by atoms with E-state index in [1.54, 1.807) is 12.1 Å². The van der Waals surface area contributed by atoms with Gasteiger partial charge in [0.25, 0.3) is 5.89 Å². The number of hydrogen-bond donors (Lipinski definition) is 1. The second-order valence-electron chi connectivity index (χ2n) is 4.28. The molecule has 2 aromatic heterocycles. The molecule has 1 atom stereocenters. The number of halogens is 1. The predicted molar refractivity (Wildman–Crippen MR) is 65.6 cm³/mol. The minimum atomic E-state index is -0.242. The highest BCUT2D eigenvalue weighted by molar-refractivity contribution is 9.10. The zero-order chi connectivity index (χ0) is 12.5. The van der Waals surface area contributed by atoms with Crippen molar-refractivity contribution in [2.45, 2.75) is 19.1 Å². The van der Waals surface area contributed by atoms with Gasteiger partial charge in [0.15, 0.2) is 10.4 Å². The molecule has 0 bridgehead atoms. The van der Waals surface area contributed by atoms with Crippen molar-refractivity contribution in [1.82, 2.24) is 15.1 Å². The summed E-state index contributed by atoms with van der Waals surface area (Å²) in [6.45, 7) is 2.07. The molecule has 1 aliphatic rings. The van der Waals surface area contributed by atoms with Crippen LogP contribution in [0, 0.1) is 0 Å². The van der Waals surface area contributed by atoms with Crippen molar-refractivity contribution >= 4 is 15.9 Å². The van der Waals surface area contributed by atoms with Crippen LogP contribution in [0.15, 0.2) is 25.6 Å². The second-order valence-corrected chi connectivity index (χ2v) is 5.06. The molecule has 1 fully saturated rings. The molecule has 1 saturated heterocycles. The van der Waals surface area contributed by atoms with Crippen LogP contribution >= 0.6 is 15.9 Å². The molecule has 1 aliphatic heterocycles. The van der Waals surface area contributed by atoms with Crippen LogP contribution in [0.25, 0.3) is 11.7 Å². The Morgan fingerprint density at radius 1 is 1.39 bits per heavy atom. The van der Waals surface area contributed by atoms with Crippen molar-refractivity contribution in [1.29, 1.82) is 0 Å². The lowest BCUT2D eigenvalue weighted by atomic mass is 10.3. The van der Waals surface area contributed by atoms with E-state index < -0.39 is 0 Å². The van der Waals surface area contributed by atoms with Gasteiger partial charge in [0.1, 0.15) is 0 Å². The highest BCUT2D eigenvalue weighted by Crippen LogP contribution is 2.24. The molecule has 0 radical (unpaired) electrons. The third-order valence-corrected chi connectivity index (χ3v) is 3.28. The van der Waals surface area contributed by atoms with Crippen LogP contribution in [-0.4, -0.2) is 39.4 Å². The van der Waals surface area contributed by atoms with Gasteiger partial charge < -0.3 is 13.9 Å². The first-order chi connectivity index (χ1) is 8.70. The van der Waals surface area contributed by atoms with Crippen LogP contribution in [0.2, 0.25) is 0 Å². The van der Waals surface area contributed by atoms with E-state index >= 15 is 0 Å². The van der Waals surface area contributed by atoms with Crippen molar-refractivity contribution in [2.24, 2.45) is 0 Å². The molecule has 0 spiro atoms. The van der Waals surface area contributed by atoms with Crippen LogP contribution in [0.3, 0.4) is 0 Å². The van der Waals surface area contributed by atoms with E-state index in [0.717, 1.165) is 13.0 Å². The average Bonchev–Trinajstić information content (AvgIpc) is 3.01. The quantitative estimate of drug-likeness (QED) is 0.928. The fourth-order valence-electron chi connectivity index (χ4n) is 1.99. The minimum Gasteiger partial charge on any atom is -0.444 e. The van der Waals surface area contributed by atoms with E-state index in [0.29, 0.717) is 35.3 Å². The molecule has 96 valence electrons. The van der Waals surface area contributed by atoms with Gasteiger partial charge in [0, 0.05) is 13.1 Å². The Hall–Kier alpha value is -1.18. The van der Waals surface area contributed by atoms with Gasteiger partial charge >= 0.3 is 0 Å². The largest absolute Gasteiger partial charge is 0.444 e. The molecule has 0 unspecified atom stereocenters. The van der Waals surface area contributed by atoms with Gasteiger partial charge in [-0.3, -0.25) is 4.90 Å². The van der Waals surface area contributed by atoms with Crippen LogP contribution in [0.5, 0.6) is 0 Å². The highest BCUT2D eigenvalue weighted by atomic mass is 79.9. The van der Waals surface area contributed by atoms with E-state index in [9.17, 15) is 5.11 Å². The smallest absolute Gasteiger partial charge is 0.283 e. The number of aliphatic hydroxyl groups is 1. The SMILES string of the molecule is O[C@@H]1CCN(Cc2nnc(-c3ccc(Br)o3)o2)C1. The van der Waals surface area contributed by atoms with Crippen molar-refractivity contribution in [2.75, 3.05) is 13.1 Å². The predicted octanol–water partition coefficient (Wildman–Crippen LogP) is 1.66. The van der Waals surface area contributed by atoms with Crippen LogP contribution in [0.4, 0.5) is 0 Å². The number of aliphatic hydroxyl groups excluding tert-OH is 1. The second kappa shape index (κ2) is 4.83. The molecule has 2 aromatic rings. The summed E-state index contributed by atoms with van der Waals surface area (Å²) in [5.74, 6) is 1.45. The summed E-state index contributed by atoms with van der Waals surface area (Å²) >= 11 is 3.22. The Balaban J connectivity index is 1.70. The third-order valence-electron chi connectivity index (χ3n) is 2.86. The van der Waals surface area contributed by atoms with Gasteiger partial charge in [-0.1, -0.05) is 0 Å². The Kier molecular flexibility index (Phi) is 3.19. The van der Waals surface area contributed by atoms with Gasteiger partial charge in [-0.05, 0) is 34.5 Å². The fraction of sp³-hybridized carbons (Fsp3) is 0.455. The summed E-state index contributed by atoms with van der Waals surface area (Å²) in [6.07, 6.45) is 0.556. The summed E-state index contributed by atoms with van der Waals surface area (Å²) < 4.78 is 11.5. The lowest BCUT2D eigenvalue weighted by Crippen LogP contribution is -2.21. The van der Waals surface area contributed by atoms with Gasteiger partial charge in [-0.15, -0.1) is 10.2 Å². The Bertz CT molecular complexity index is 539. The molecule has 0 aliphatic carbocycles. The first-order valence-corrected chi connectivity index (χ1v) is 6.48. The number of hydrogen-bond acceptors (Lipinski definition) is 6. The summed E-state index contributed by atoms with van der Waals surface area (Å²) in [7, 11) is 0. The summed E-state index contributed by atoms with van der Waals surface area (Å²) in [5, 5.41) is 17.4. The highest BCUT2D eigenvalue weighted by Gasteiger charge is 2.22. The molecule has 6 nitrogen and oxygen atoms in total. The monoisotopic (exact) mass is 313 g/mol. The summed E-state index contributed by atoms with van der Waals surface area (Å²) in [4.78, 5) is 2.08. The van der Waals surface area contributed by atoms with Gasteiger partial charge in [-0.25, -0.2) is 0 Å². The normalized spacial score (nSPS) is 20.7. The van der Waals surface area contributed by atoms with Gasteiger partial charge in [-0.2, -0.15) is 0 Å².